The van der Waals surface area contributed by atoms with E-state index in [0.717, 1.165) is 35.1 Å². The lowest BCUT2D eigenvalue weighted by Crippen LogP contribution is -2.36. The number of rotatable bonds is 7. The first-order chi connectivity index (χ1) is 15.1. The fourth-order valence-corrected chi connectivity index (χ4v) is 4.91. The third-order valence-corrected chi connectivity index (χ3v) is 7.09. The number of carboxylic acids is 1. The Labute approximate surface area is 196 Å². The SMILES string of the molecule is C=C(C)[C@H]1C[C@H](c2ccc(C)cc2)[C@H](CC)O[C@@H]1c1c(OCC(=O)O)cc(C)c(Cl)c1C. The Balaban J connectivity index is 2.07. The average molecular weight is 457 g/mol. The topological polar surface area (TPSA) is 55.8 Å². The summed E-state index contributed by atoms with van der Waals surface area (Å²) in [7, 11) is 0. The molecule has 0 aliphatic carbocycles. The Morgan fingerprint density at radius 3 is 2.47 bits per heavy atom. The van der Waals surface area contributed by atoms with Crippen LogP contribution in [0.5, 0.6) is 5.75 Å². The Morgan fingerprint density at radius 2 is 1.91 bits per heavy atom. The lowest BCUT2D eigenvalue weighted by atomic mass is 9.74. The summed E-state index contributed by atoms with van der Waals surface area (Å²) in [4.78, 5) is 11.2. The summed E-state index contributed by atoms with van der Waals surface area (Å²) in [5, 5.41) is 9.83. The normalized spacial score (nSPS) is 23.1. The summed E-state index contributed by atoms with van der Waals surface area (Å²) in [5.74, 6) is -0.198. The largest absolute Gasteiger partial charge is 0.482 e. The minimum atomic E-state index is -1.02. The van der Waals surface area contributed by atoms with E-state index in [0.29, 0.717) is 10.8 Å². The summed E-state index contributed by atoms with van der Waals surface area (Å²) in [6, 6.07) is 10.5. The highest BCUT2D eigenvalue weighted by Crippen LogP contribution is 2.50. The summed E-state index contributed by atoms with van der Waals surface area (Å²) in [6.45, 7) is 14.0. The van der Waals surface area contributed by atoms with Gasteiger partial charge in [-0.1, -0.05) is 60.5 Å². The van der Waals surface area contributed by atoms with E-state index in [1.165, 1.54) is 11.1 Å². The second-order valence-corrected chi connectivity index (χ2v) is 9.31. The summed E-state index contributed by atoms with van der Waals surface area (Å²) in [6.07, 6.45) is 1.47. The van der Waals surface area contributed by atoms with Crippen molar-refractivity contribution in [2.75, 3.05) is 6.61 Å². The molecule has 1 heterocycles. The Kier molecular flexibility index (Phi) is 7.68. The molecule has 0 aromatic heterocycles. The van der Waals surface area contributed by atoms with Crippen LogP contribution in [0.25, 0.3) is 0 Å². The van der Waals surface area contributed by atoms with Crippen LogP contribution in [0.2, 0.25) is 5.02 Å². The number of carboxylic acid groups (broad SMARTS) is 1. The van der Waals surface area contributed by atoms with Gasteiger partial charge in [-0.05, 0) is 63.3 Å². The van der Waals surface area contributed by atoms with E-state index in [1.54, 1.807) is 0 Å². The van der Waals surface area contributed by atoms with Crippen LogP contribution in [-0.2, 0) is 9.53 Å². The van der Waals surface area contributed by atoms with Crippen molar-refractivity contribution in [1.82, 2.24) is 0 Å². The molecule has 2 aromatic rings. The van der Waals surface area contributed by atoms with Gasteiger partial charge in [0.15, 0.2) is 6.61 Å². The van der Waals surface area contributed by atoms with Crippen molar-refractivity contribution in [2.45, 2.75) is 65.6 Å². The molecule has 1 N–H and O–H groups in total. The minimum absolute atomic E-state index is 0.0186. The molecule has 32 heavy (non-hydrogen) atoms. The van der Waals surface area contributed by atoms with E-state index in [-0.39, 0.29) is 24.0 Å². The quantitative estimate of drug-likeness (QED) is 0.458. The first kappa shape index (κ1) is 24.3. The van der Waals surface area contributed by atoms with Crippen LogP contribution in [0.15, 0.2) is 42.5 Å². The van der Waals surface area contributed by atoms with Gasteiger partial charge in [0.1, 0.15) is 5.75 Å². The van der Waals surface area contributed by atoms with Crippen molar-refractivity contribution in [1.29, 1.82) is 0 Å². The smallest absolute Gasteiger partial charge is 0.341 e. The molecular formula is C27H33ClO4. The first-order valence-corrected chi connectivity index (χ1v) is 11.5. The number of benzene rings is 2. The van der Waals surface area contributed by atoms with E-state index in [4.69, 9.17) is 21.1 Å². The average Bonchev–Trinajstić information content (AvgIpc) is 2.75. The number of ether oxygens (including phenoxy) is 2. The maximum Gasteiger partial charge on any atom is 0.341 e. The molecular weight excluding hydrogens is 424 g/mol. The predicted octanol–water partition coefficient (Wildman–Crippen LogP) is 6.94. The number of aliphatic carboxylic acids is 1. The fraction of sp³-hybridized carbons (Fsp3) is 0.444. The number of aryl methyl sites for hydroxylation is 2. The maximum atomic E-state index is 11.2. The zero-order valence-corrected chi connectivity index (χ0v) is 20.3. The van der Waals surface area contributed by atoms with Gasteiger partial charge in [0.25, 0.3) is 0 Å². The van der Waals surface area contributed by atoms with E-state index in [9.17, 15) is 9.90 Å². The standard InChI is InChI=1S/C27H33ClO4/c1-7-22-21(19-10-8-16(4)9-11-19)13-20(15(2)3)27(32-22)25-18(6)26(28)17(5)12-23(25)31-14-24(29)30/h8-12,20-22,27H,2,7,13-14H2,1,3-6H3,(H,29,30)/t20-,21-,22+,27+/m1/s1. The molecule has 0 amide bonds. The van der Waals surface area contributed by atoms with Crippen LogP contribution in [-0.4, -0.2) is 23.8 Å². The van der Waals surface area contributed by atoms with Crippen molar-refractivity contribution in [3.8, 4) is 5.75 Å². The lowest BCUT2D eigenvalue weighted by molar-refractivity contribution is -0.139. The highest BCUT2D eigenvalue weighted by atomic mass is 35.5. The molecule has 3 rings (SSSR count). The zero-order chi connectivity index (χ0) is 23.6. The van der Waals surface area contributed by atoms with Gasteiger partial charge in [-0.15, -0.1) is 0 Å². The molecule has 2 aromatic carbocycles. The second kappa shape index (κ2) is 10.1. The predicted molar refractivity (Wildman–Crippen MR) is 129 cm³/mol. The second-order valence-electron chi connectivity index (χ2n) is 8.94. The van der Waals surface area contributed by atoms with Gasteiger partial charge in [-0.2, -0.15) is 0 Å². The number of halogens is 1. The van der Waals surface area contributed by atoms with Crippen molar-refractivity contribution in [3.05, 3.63) is 75.3 Å². The van der Waals surface area contributed by atoms with Gasteiger partial charge in [-0.3, -0.25) is 0 Å². The van der Waals surface area contributed by atoms with Crippen molar-refractivity contribution in [3.63, 3.8) is 0 Å². The molecule has 4 nitrogen and oxygen atoms in total. The molecule has 172 valence electrons. The molecule has 0 spiro atoms. The maximum absolute atomic E-state index is 11.2. The Morgan fingerprint density at radius 1 is 1.25 bits per heavy atom. The van der Waals surface area contributed by atoms with Crippen molar-refractivity contribution in [2.24, 2.45) is 5.92 Å². The Bertz CT molecular complexity index is 996. The van der Waals surface area contributed by atoms with Gasteiger partial charge in [-0.25, -0.2) is 4.79 Å². The monoisotopic (exact) mass is 456 g/mol. The number of hydrogen-bond acceptors (Lipinski definition) is 3. The molecule has 1 fully saturated rings. The molecule has 5 heteroatoms. The minimum Gasteiger partial charge on any atom is -0.482 e. The fourth-order valence-electron chi connectivity index (χ4n) is 4.75. The molecule has 0 unspecified atom stereocenters. The highest BCUT2D eigenvalue weighted by Gasteiger charge is 2.41. The van der Waals surface area contributed by atoms with E-state index >= 15 is 0 Å². The van der Waals surface area contributed by atoms with Crippen molar-refractivity contribution >= 4 is 17.6 Å². The van der Waals surface area contributed by atoms with E-state index < -0.39 is 12.6 Å². The third-order valence-electron chi connectivity index (χ3n) is 6.51. The zero-order valence-electron chi connectivity index (χ0n) is 19.6. The van der Waals surface area contributed by atoms with Crippen LogP contribution in [0, 0.1) is 26.7 Å². The van der Waals surface area contributed by atoms with Crippen LogP contribution >= 0.6 is 11.6 Å². The van der Waals surface area contributed by atoms with Crippen molar-refractivity contribution < 1.29 is 19.4 Å². The molecule has 1 saturated heterocycles. The van der Waals surface area contributed by atoms with E-state index in [2.05, 4.69) is 44.7 Å². The van der Waals surface area contributed by atoms with Crippen LogP contribution < -0.4 is 4.74 Å². The van der Waals surface area contributed by atoms with Gasteiger partial charge in [0.2, 0.25) is 0 Å². The number of carbonyl (C=O) groups is 1. The van der Waals surface area contributed by atoms with Crippen LogP contribution in [0.1, 0.15) is 66.5 Å². The Hall–Kier alpha value is -2.30. The summed E-state index contributed by atoms with van der Waals surface area (Å²) in [5.41, 5.74) is 6.08. The van der Waals surface area contributed by atoms with E-state index in [1.807, 2.05) is 26.8 Å². The molecule has 1 aliphatic heterocycles. The molecule has 0 saturated carbocycles. The third kappa shape index (κ3) is 5.02. The lowest BCUT2D eigenvalue weighted by Gasteiger charge is -2.43. The molecule has 0 radical (unpaired) electrons. The van der Waals surface area contributed by atoms with Gasteiger partial charge >= 0.3 is 5.97 Å². The molecule has 4 atom stereocenters. The number of hydrogen-bond donors (Lipinski definition) is 1. The molecule has 1 aliphatic rings. The van der Waals surface area contributed by atoms with Gasteiger partial charge in [0, 0.05) is 22.4 Å². The molecule has 0 bridgehead atoms. The van der Waals surface area contributed by atoms with Gasteiger partial charge in [0.05, 0.1) is 12.2 Å². The van der Waals surface area contributed by atoms with Crippen LogP contribution in [0.3, 0.4) is 0 Å². The summed E-state index contributed by atoms with van der Waals surface area (Å²) < 4.78 is 12.5. The van der Waals surface area contributed by atoms with Crippen LogP contribution in [0.4, 0.5) is 0 Å². The highest BCUT2D eigenvalue weighted by molar-refractivity contribution is 6.32. The first-order valence-electron chi connectivity index (χ1n) is 11.2. The summed E-state index contributed by atoms with van der Waals surface area (Å²) >= 11 is 6.62. The van der Waals surface area contributed by atoms with Gasteiger partial charge < -0.3 is 14.6 Å².